The van der Waals surface area contributed by atoms with E-state index in [4.69, 9.17) is 5.11 Å². The molecule has 17 heavy (non-hydrogen) atoms. The number of likely N-dealkylation sites (tertiary alicyclic amines) is 1. The standard InChI is InChI=1S/C13H23NO3/c1-9(15)11-6-7-14(8-11)12-4-2-10(3-5-12)13(16)17/h9-12,15H,2-8H2,1H3,(H,16,17)/t9-,10?,11+,12?/m0/s1. The molecular weight excluding hydrogens is 218 g/mol. The lowest BCUT2D eigenvalue weighted by Crippen LogP contribution is -2.38. The zero-order valence-corrected chi connectivity index (χ0v) is 10.5. The van der Waals surface area contributed by atoms with Gasteiger partial charge in [0.1, 0.15) is 0 Å². The second kappa shape index (κ2) is 5.36. The van der Waals surface area contributed by atoms with E-state index in [0.29, 0.717) is 12.0 Å². The van der Waals surface area contributed by atoms with Crippen LogP contribution in [0.5, 0.6) is 0 Å². The molecule has 0 aromatic rings. The van der Waals surface area contributed by atoms with Crippen molar-refractivity contribution in [1.29, 1.82) is 0 Å². The van der Waals surface area contributed by atoms with Crippen LogP contribution in [0.15, 0.2) is 0 Å². The summed E-state index contributed by atoms with van der Waals surface area (Å²) in [6, 6.07) is 0.550. The van der Waals surface area contributed by atoms with Gasteiger partial charge in [0.25, 0.3) is 0 Å². The number of nitrogens with zero attached hydrogens (tertiary/aromatic N) is 1. The first kappa shape index (κ1) is 12.8. The third kappa shape index (κ3) is 2.99. The number of aliphatic hydroxyl groups excluding tert-OH is 1. The fraction of sp³-hybridized carbons (Fsp3) is 0.923. The summed E-state index contributed by atoms with van der Waals surface area (Å²) < 4.78 is 0. The number of carboxylic acid groups (broad SMARTS) is 1. The van der Waals surface area contributed by atoms with E-state index in [1.807, 2.05) is 6.92 Å². The second-order valence-electron chi connectivity index (χ2n) is 5.63. The van der Waals surface area contributed by atoms with Gasteiger partial charge in [-0.1, -0.05) is 0 Å². The number of carbonyl (C=O) groups is 1. The molecule has 1 aliphatic heterocycles. The van der Waals surface area contributed by atoms with Crippen LogP contribution in [0.2, 0.25) is 0 Å². The Hall–Kier alpha value is -0.610. The Balaban J connectivity index is 1.80. The average molecular weight is 241 g/mol. The van der Waals surface area contributed by atoms with E-state index in [2.05, 4.69) is 4.90 Å². The van der Waals surface area contributed by atoms with E-state index in [9.17, 15) is 9.90 Å². The molecule has 0 aromatic heterocycles. The van der Waals surface area contributed by atoms with E-state index in [1.165, 1.54) is 0 Å². The minimum absolute atomic E-state index is 0.124. The first-order valence-corrected chi connectivity index (χ1v) is 6.73. The van der Waals surface area contributed by atoms with Crippen molar-refractivity contribution in [2.75, 3.05) is 13.1 Å². The molecule has 0 amide bonds. The topological polar surface area (TPSA) is 60.8 Å². The Morgan fingerprint density at radius 2 is 1.88 bits per heavy atom. The maximum atomic E-state index is 10.9. The van der Waals surface area contributed by atoms with Gasteiger partial charge in [-0.15, -0.1) is 0 Å². The lowest BCUT2D eigenvalue weighted by Gasteiger charge is -2.33. The fourth-order valence-electron chi connectivity index (χ4n) is 3.23. The van der Waals surface area contributed by atoms with Gasteiger partial charge in [0.15, 0.2) is 0 Å². The lowest BCUT2D eigenvalue weighted by atomic mass is 9.85. The normalized spacial score (nSPS) is 36.9. The number of carboxylic acids is 1. The molecule has 1 saturated carbocycles. The predicted molar refractivity (Wildman–Crippen MR) is 64.7 cm³/mol. The smallest absolute Gasteiger partial charge is 0.306 e. The van der Waals surface area contributed by atoms with Crippen LogP contribution in [0.1, 0.15) is 39.0 Å². The Bertz CT molecular complexity index is 272. The molecule has 2 fully saturated rings. The van der Waals surface area contributed by atoms with Gasteiger partial charge < -0.3 is 15.1 Å². The highest BCUT2D eigenvalue weighted by molar-refractivity contribution is 5.70. The first-order chi connectivity index (χ1) is 8.08. The van der Waals surface area contributed by atoms with Crippen molar-refractivity contribution in [3.63, 3.8) is 0 Å². The largest absolute Gasteiger partial charge is 0.481 e. The molecule has 2 aliphatic rings. The van der Waals surface area contributed by atoms with Crippen molar-refractivity contribution in [2.24, 2.45) is 11.8 Å². The second-order valence-corrected chi connectivity index (χ2v) is 5.63. The van der Waals surface area contributed by atoms with Crippen molar-refractivity contribution < 1.29 is 15.0 Å². The van der Waals surface area contributed by atoms with Crippen molar-refractivity contribution in [2.45, 2.75) is 51.2 Å². The minimum atomic E-state index is -0.633. The van der Waals surface area contributed by atoms with Gasteiger partial charge in [-0.05, 0) is 51.5 Å². The average Bonchev–Trinajstić information content (AvgIpc) is 2.78. The predicted octanol–water partition coefficient (Wildman–Crippen LogP) is 1.33. The Labute approximate surface area is 103 Å². The quantitative estimate of drug-likeness (QED) is 0.782. The van der Waals surface area contributed by atoms with Gasteiger partial charge in [-0.25, -0.2) is 0 Å². The molecule has 2 atom stereocenters. The molecule has 0 radical (unpaired) electrons. The van der Waals surface area contributed by atoms with Crippen molar-refractivity contribution in [3.05, 3.63) is 0 Å². The zero-order valence-electron chi connectivity index (χ0n) is 10.5. The monoisotopic (exact) mass is 241 g/mol. The fourth-order valence-corrected chi connectivity index (χ4v) is 3.23. The summed E-state index contributed by atoms with van der Waals surface area (Å²) in [5.74, 6) is -0.347. The van der Waals surface area contributed by atoms with E-state index < -0.39 is 5.97 Å². The Morgan fingerprint density at radius 1 is 1.24 bits per heavy atom. The number of aliphatic hydroxyl groups is 1. The third-order valence-corrected chi connectivity index (χ3v) is 4.50. The number of rotatable bonds is 3. The van der Waals surface area contributed by atoms with E-state index in [-0.39, 0.29) is 12.0 Å². The molecule has 1 aliphatic carbocycles. The van der Waals surface area contributed by atoms with Crippen molar-refractivity contribution in [3.8, 4) is 0 Å². The van der Waals surface area contributed by atoms with Gasteiger partial charge in [0, 0.05) is 12.6 Å². The summed E-state index contributed by atoms with van der Waals surface area (Å²) in [6.45, 7) is 3.92. The van der Waals surface area contributed by atoms with Crippen LogP contribution < -0.4 is 0 Å². The van der Waals surface area contributed by atoms with Crippen LogP contribution in [0.25, 0.3) is 0 Å². The number of hydrogen-bond donors (Lipinski definition) is 2. The lowest BCUT2D eigenvalue weighted by molar-refractivity contribution is -0.143. The Kier molecular flexibility index (Phi) is 4.05. The molecule has 2 rings (SSSR count). The van der Waals surface area contributed by atoms with Gasteiger partial charge >= 0.3 is 5.97 Å². The molecule has 0 aromatic carbocycles. The number of aliphatic carboxylic acids is 1. The van der Waals surface area contributed by atoms with Gasteiger partial charge in [-0.2, -0.15) is 0 Å². The summed E-state index contributed by atoms with van der Waals surface area (Å²) in [6.07, 6.45) is 4.50. The highest BCUT2D eigenvalue weighted by Gasteiger charge is 2.34. The third-order valence-electron chi connectivity index (χ3n) is 4.50. The molecule has 4 nitrogen and oxygen atoms in total. The maximum absolute atomic E-state index is 10.9. The molecule has 1 saturated heterocycles. The molecular formula is C13H23NO3. The van der Waals surface area contributed by atoms with Gasteiger partial charge in [-0.3, -0.25) is 4.79 Å². The highest BCUT2D eigenvalue weighted by atomic mass is 16.4. The van der Waals surface area contributed by atoms with Crippen LogP contribution in [0, 0.1) is 11.8 Å². The SMILES string of the molecule is C[C@H](O)[C@@H]1CCN(C2CCC(C(=O)O)CC2)C1. The molecule has 4 heteroatoms. The minimum Gasteiger partial charge on any atom is -0.481 e. The van der Waals surface area contributed by atoms with Gasteiger partial charge in [0.2, 0.25) is 0 Å². The molecule has 2 N–H and O–H groups in total. The van der Waals surface area contributed by atoms with E-state index >= 15 is 0 Å². The molecule has 0 bridgehead atoms. The summed E-state index contributed by atoms with van der Waals surface area (Å²) in [7, 11) is 0. The Morgan fingerprint density at radius 3 is 2.35 bits per heavy atom. The zero-order chi connectivity index (χ0) is 12.4. The van der Waals surface area contributed by atoms with E-state index in [1.54, 1.807) is 0 Å². The van der Waals surface area contributed by atoms with Crippen molar-refractivity contribution >= 4 is 5.97 Å². The van der Waals surface area contributed by atoms with Crippen LogP contribution in [-0.4, -0.2) is 46.3 Å². The summed E-state index contributed by atoms with van der Waals surface area (Å²) in [4.78, 5) is 13.3. The molecule has 0 spiro atoms. The summed E-state index contributed by atoms with van der Waals surface area (Å²) in [5.41, 5.74) is 0. The highest BCUT2D eigenvalue weighted by Crippen LogP contribution is 2.31. The first-order valence-electron chi connectivity index (χ1n) is 6.73. The molecule has 1 heterocycles. The van der Waals surface area contributed by atoms with Crippen LogP contribution in [-0.2, 0) is 4.79 Å². The van der Waals surface area contributed by atoms with Crippen LogP contribution >= 0.6 is 0 Å². The summed E-state index contributed by atoms with van der Waals surface area (Å²) in [5, 5.41) is 18.5. The number of hydrogen-bond acceptors (Lipinski definition) is 3. The van der Waals surface area contributed by atoms with Gasteiger partial charge in [0.05, 0.1) is 12.0 Å². The van der Waals surface area contributed by atoms with Crippen molar-refractivity contribution in [1.82, 2.24) is 4.90 Å². The van der Waals surface area contributed by atoms with Crippen LogP contribution in [0.4, 0.5) is 0 Å². The van der Waals surface area contributed by atoms with Crippen LogP contribution in [0.3, 0.4) is 0 Å². The summed E-state index contributed by atoms with van der Waals surface area (Å²) >= 11 is 0. The maximum Gasteiger partial charge on any atom is 0.306 e. The molecule has 98 valence electrons. The van der Waals surface area contributed by atoms with E-state index in [0.717, 1.165) is 45.2 Å². The molecule has 0 unspecified atom stereocenters.